The number of aryl methyl sites for hydroxylation is 1. The zero-order chi connectivity index (χ0) is 26.7. The van der Waals surface area contributed by atoms with E-state index in [4.69, 9.17) is 20.5 Å². The van der Waals surface area contributed by atoms with Crippen molar-refractivity contribution in [3.8, 4) is 11.5 Å². The van der Waals surface area contributed by atoms with Gasteiger partial charge in [0.05, 0.1) is 22.9 Å². The Morgan fingerprint density at radius 2 is 1.73 bits per heavy atom. The highest BCUT2D eigenvalue weighted by Gasteiger charge is 2.33. The smallest absolute Gasteiger partial charge is 0.339 e. The number of hydrazone groups is 1. The summed E-state index contributed by atoms with van der Waals surface area (Å²) >= 11 is 6.43. The second-order valence-electron chi connectivity index (χ2n) is 8.15. The molecular weight excluding hydrogens is 516 g/mol. The molecule has 2 amide bonds. The Morgan fingerprint density at radius 3 is 2.38 bits per heavy atom. The third-order valence-corrected chi connectivity index (χ3v) is 6.94. The van der Waals surface area contributed by atoms with E-state index in [1.165, 1.54) is 30.3 Å². The van der Waals surface area contributed by atoms with Crippen LogP contribution in [0.1, 0.15) is 35.3 Å². The summed E-state index contributed by atoms with van der Waals surface area (Å²) in [5, 5.41) is 4.90. The Morgan fingerprint density at radius 1 is 1.05 bits per heavy atom. The number of ether oxygens (including phenoxy) is 1. The molecule has 0 saturated heterocycles. The van der Waals surface area contributed by atoms with Crippen molar-refractivity contribution < 1.29 is 26.9 Å². The topological polar surface area (TPSA) is 102 Å². The molecule has 0 unspecified atom stereocenters. The molecule has 1 heterocycles. The molecule has 37 heavy (non-hydrogen) atoms. The second-order valence-corrected chi connectivity index (χ2v) is 10.1. The van der Waals surface area contributed by atoms with Gasteiger partial charge in [-0.25, -0.2) is 0 Å². The molecule has 0 aliphatic carbocycles. The normalized spacial score (nSPS) is 14.6. The highest BCUT2D eigenvalue weighted by Crippen LogP contribution is 2.39. The van der Waals surface area contributed by atoms with Gasteiger partial charge in [0.1, 0.15) is 4.90 Å². The van der Waals surface area contributed by atoms with E-state index in [1.54, 1.807) is 56.3 Å². The van der Waals surface area contributed by atoms with E-state index in [1.807, 2.05) is 6.92 Å². The van der Waals surface area contributed by atoms with Crippen molar-refractivity contribution in [1.29, 1.82) is 0 Å². The minimum Gasteiger partial charge on any atom is -0.490 e. The number of halogens is 1. The van der Waals surface area contributed by atoms with Crippen LogP contribution in [0.2, 0.25) is 5.02 Å². The summed E-state index contributed by atoms with van der Waals surface area (Å²) in [6, 6.07) is 17.5. The Labute approximate surface area is 219 Å². The number of nitrogens with zero attached hydrogens (tertiary/aromatic N) is 2. The van der Waals surface area contributed by atoms with Crippen LogP contribution in [0.3, 0.4) is 0 Å². The SMILES string of the molecule is CCOc1cc(/C=C2/C(=O)N(C(=O)c3ccccc3)N=C2C)cc(Cl)c1OS(=O)(=O)c1ccc(C)cc1. The summed E-state index contributed by atoms with van der Waals surface area (Å²) in [6.45, 7) is 5.38. The molecule has 0 aromatic heterocycles. The zero-order valence-electron chi connectivity index (χ0n) is 20.3. The first-order chi connectivity index (χ1) is 17.6. The summed E-state index contributed by atoms with van der Waals surface area (Å²) < 4.78 is 36.7. The maximum absolute atomic E-state index is 13.0. The maximum atomic E-state index is 13.0. The van der Waals surface area contributed by atoms with E-state index in [0.29, 0.717) is 16.8 Å². The van der Waals surface area contributed by atoms with Gasteiger partial charge in [0.15, 0.2) is 5.75 Å². The van der Waals surface area contributed by atoms with Gasteiger partial charge in [-0.05, 0) is 68.8 Å². The zero-order valence-corrected chi connectivity index (χ0v) is 21.8. The number of carbonyl (C=O) groups is 2. The molecule has 3 aromatic carbocycles. The molecule has 10 heteroatoms. The summed E-state index contributed by atoms with van der Waals surface area (Å²) in [5.74, 6) is -1.24. The lowest BCUT2D eigenvalue weighted by Gasteiger charge is -2.14. The van der Waals surface area contributed by atoms with Gasteiger partial charge >= 0.3 is 10.1 Å². The lowest BCUT2D eigenvalue weighted by Crippen LogP contribution is -2.29. The van der Waals surface area contributed by atoms with Gasteiger partial charge < -0.3 is 8.92 Å². The third kappa shape index (κ3) is 5.58. The van der Waals surface area contributed by atoms with Crippen LogP contribution in [-0.2, 0) is 14.9 Å². The average Bonchev–Trinajstić information content (AvgIpc) is 3.15. The van der Waals surface area contributed by atoms with Crippen LogP contribution < -0.4 is 8.92 Å². The van der Waals surface area contributed by atoms with Crippen LogP contribution in [0.5, 0.6) is 11.5 Å². The summed E-state index contributed by atoms with van der Waals surface area (Å²) in [6.07, 6.45) is 1.51. The Hall–Kier alpha value is -3.95. The summed E-state index contributed by atoms with van der Waals surface area (Å²) in [7, 11) is -4.19. The van der Waals surface area contributed by atoms with E-state index in [-0.39, 0.29) is 33.6 Å². The first-order valence-corrected chi connectivity index (χ1v) is 13.1. The van der Waals surface area contributed by atoms with Gasteiger partial charge in [0.2, 0.25) is 5.75 Å². The van der Waals surface area contributed by atoms with Crippen molar-refractivity contribution in [1.82, 2.24) is 5.01 Å². The van der Waals surface area contributed by atoms with Crippen LogP contribution in [0.4, 0.5) is 0 Å². The largest absolute Gasteiger partial charge is 0.490 e. The molecule has 0 bridgehead atoms. The van der Waals surface area contributed by atoms with Crippen molar-refractivity contribution in [3.05, 3.63) is 94.0 Å². The van der Waals surface area contributed by atoms with Crippen LogP contribution in [0.25, 0.3) is 6.08 Å². The third-order valence-electron chi connectivity index (χ3n) is 5.42. The molecule has 4 rings (SSSR count). The van der Waals surface area contributed by atoms with Crippen LogP contribution in [-0.4, -0.2) is 37.6 Å². The quantitative estimate of drug-likeness (QED) is 0.231. The molecule has 0 saturated carbocycles. The fourth-order valence-electron chi connectivity index (χ4n) is 3.57. The predicted octanol–water partition coefficient (Wildman–Crippen LogP) is 5.26. The Balaban J connectivity index is 1.66. The molecule has 0 N–H and O–H groups in total. The van der Waals surface area contributed by atoms with E-state index >= 15 is 0 Å². The van der Waals surface area contributed by atoms with Crippen molar-refractivity contribution >= 4 is 45.3 Å². The molecule has 8 nitrogen and oxygen atoms in total. The number of amides is 2. The number of hydrogen-bond donors (Lipinski definition) is 0. The number of hydrogen-bond acceptors (Lipinski definition) is 7. The molecule has 0 radical (unpaired) electrons. The van der Waals surface area contributed by atoms with E-state index < -0.39 is 21.9 Å². The van der Waals surface area contributed by atoms with E-state index in [2.05, 4.69) is 5.10 Å². The molecule has 190 valence electrons. The second kappa shape index (κ2) is 10.6. The fraction of sp³-hybridized carbons (Fsp3) is 0.148. The lowest BCUT2D eigenvalue weighted by molar-refractivity contribution is -0.123. The van der Waals surface area contributed by atoms with Gasteiger partial charge in [-0.2, -0.15) is 18.5 Å². The van der Waals surface area contributed by atoms with Crippen molar-refractivity contribution in [2.24, 2.45) is 5.10 Å². The highest BCUT2D eigenvalue weighted by atomic mass is 35.5. The number of rotatable bonds is 7. The van der Waals surface area contributed by atoms with Gasteiger partial charge in [-0.3, -0.25) is 9.59 Å². The standard InChI is InChI=1S/C27H23ClN2O6S/c1-4-35-24-16-19(15-23(28)25(24)36-37(33,34)21-12-10-17(2)11-13-21)14-22-18(3)29-30(27(22)32)26(31)20-8-6-5-7-9-20/h5-16H,4H2,1-3H3/b22-14+. The monoisotopic (exact) mass is 538 g/mol. The van der Waals surface area contributed by atoms with Crippen molar-refractivity contribution in [2.45, 2.75) is 25.7 Å². The minimum absolute atomic E-state index is 0.0330. The molecule has 0 fully saturated rings. The molecular formula is C27H23ClN2O6S. The van der Waals surface area contributed by atoms with Gasteiger partial charge in [-0.15, -0.1) is 0 Å². The van der Waals surface area contributed by atoms with Crippen LogP contribution in [0, 0.1) is 6.92 Å². The first kappa shape index (κ1) is 26.1. The van der Waals surface area contributed by atoms with Crippen molar-refractivity contribution in [3.63, 3.8) is 0 Å². The predicted molar refractivity (Wildman–Crippen MR) is 140 cm³/mol. The summed E-state index contributed by atoms with van der Waals surface area (Å²) in [5.41, 5.74) is 2.18. The molecule has 0 atom stereocenters. The minimum atomic E-state index is -4.19. The number of benzene rings is 3. The number of imide groups is 1. The summed E-state index contributed by atoms with van der Waals surface area (Å²) in [4.78, 5) is 25.8. The molecule has 3 aromatic rings. The molecule has 1 aliphatic rings. The first-order valence-electron chi connectivity index (χ1n) is 11.3. The van der Waals surface area contributed by atoms with Gasteiger partial charge in [0.25, 0.3) is 11.8 Å². The Kier molecular flexibility index (Phi) is 7.47. The van der Waals surface area contributed by atoms with E-state index in [9.17, 15) is 18.0 Å². The van der Waals surface area contributed by atoms with Gasteiger partial charge in [-0.1, -0.05) is 47.5 Å². The van der Waals surface area contributed by atoms with E-state index in [0.717, 1.165) is 10.6 Å². The number of carbonyl (C=O) groups excluding carboxylic acids is 2. The lowest BCUT2D eigenvalue weighted by atomic mass is 10.1. The van der Waals surface area contributed by atoms with Crippen LogP contribution in [0.15, 0.2) is 82.3 Å². The van der Waals surface area contributed by atoms with Crippen molar-refractivity contribution in [2.75, 3.05) is 6.61 Å². The maximum Gasteiger partial charge on any atom is 0.339 e. The fourth-order valence-corrected chi connectivity index (χ4v) is 4.83. The van der Waals surface area contributed by atoms with Gasteiger partial charge in [0, 0.05) is 5.56 Å². The average molecular weight is 539 g/mol. The highest BCUT2D eigenvalue weighted by molar-refractivity contribution is 7.87. The van der Waals surface area contributed by atoms with Crippen LogP contribution >= 0.6 is 11.6 Å². The Bertz CT molecular complexity index is 1530. The molecule has 1 aliphatic heterocycles. The molecule has 0 spiro atoms.